The Bertz CT molecular complexity index is 1830. The van der Waals surface area contributed by atoms with Crippen LogP contribution in [0.2, 0.25) is 0 Å². The van der Waals surface area contributed by atoms with Crippen molar-refractivity contribution in [3.8, 4) is 40.0 Å². The minimum Gasteiger partial charge on any atom is -0.496 e. The van der Waals surface area contributed by atoms with E-state index in [1.165, 1.54) is 19.2 Å². The summed E-state index contributed by atoms with van der Waals surface area (Å²) >= 11 is 0. The molecule has 196 valence electrons. The largest absolute Gasteiger partial charge is 0.496 e. The SMILES string of the molecule is COc1ccc(F)cc1-c1nnc(Nc2ccc(Oc3ncccc3-c3ccnc(N)n3)nc2)c2ccccc12. The number of nitrogen functional groups attached to an aromatic ring is 1. The molecule has 0 bridgehead atoms. The number of hydrogen-bond acceptors (Lipinski definition) is 10. The van der Waals surface area contributed by atoms with Crippen LogP contribution in [0.15, 0.2) is 91.4 Å². The second-order valence-electron chi connectivity index (χ2n) is 8.56. The summed E-state index contributed by atoms with van der Waals surface area (Å²) in [5, 5.41) is 13.6. The molecule has 0 amide bonds. The van der Waals surface area contributed by atoms with Crippen LogP contribution in [-0.4, -0.2) is 37.2 Å². The van der Waals surface area contributed by atoms with Crippen molar-refractivity contribution in [2.45, 2.75) is 0 Å². The fourth-order valence-electron chi connectivity index (χ4n) is 4.20. The molecule has 4 heterocycles. The maximum Gasteiger partial charge on any atom is 0.230 e. The number of benzene rings is 2. The first kappa shape index (κ1) is 24.6. The standard InChI is InChI=1S/C29H21FN8O2/c1-39-24-10-8-17(30)15-22(24)26-19-5-2-3-6-20(19)27(38-37-26)35-18-9-11-25(34-16-18)40-28-21(7-4-13-32-28)23-12-14-33-29(31)36-23/h2-16H,1H3,(H,35,38)(H2,31,33,36). The summed E-state index contributed by atoms with van der Waals surface area (Å²) in [7, 11) is 1.53. The third-order valence-corrected chi connectivity index (χ3v) is 6.03. The molecule has 0 aliphatic carbocycles. The van der Waals surface area contributed by atoms with Crippen molar-refractivity contribution in [1.29, 1.82) is 0 Å². The van der Waals surface area contributed by atoms with Crippen LogP contribution < -0.4 is 20.5 Å². The summed E-state index contributed by atoms with van der Waals surface area (Å²) in [6.45, 7) is 0. The van der Waals surface area contributed by atoms with Crippen LogP contribution in [0.3, 0.4) is 0 Å². The van der Waals surface area contributed by atoms with Gasteiger partial charge in [-0.15, -0.1) is 10.2 Å². The molecule has 2 aromatic carbocycles. The number of halogens is 1. The molecular weight excluding hydrogens is 511 g/mol. The predicted molar refractivity (Wildman–Crippen MR) is 149 cm³/mol. The van der Waals surface area contributed by atoms with Crippen LogP contribution >= 0.6 is 0 Å². The first-order valence-electron chi connectivity index (χ1n) is 12.1. The van der Waals surface area contributed by atoms with Crippen molar-refractivity contribution in [3.63, 3.8) is 0 Å². The van der Waals surface area contributed by atoms with E-state index in [0.717, 1.165) is 10.8 Å². The van der Waals surface area contributed by atoms with Gasteiger partial charge in [0.05, 0.1) is 30.3 Å². The molecule has 11 heteroatoms. The summed E-state index contributed by atoms with van der Waals surface area (Å²) in [5.74, 6) is 1.43. The van der Waals surface area contributed by atoms with Crippen LogP contribution in [0.4, 0.5) is 21.8 Å². The second-order valence-corrected chi connectivity index (χ2v) is 8.56. The van der Waals surface area contributed by atoms with Gasteiger partial charge in [-0.3, -0.25) is 0 Å². The number of nitrogens with zero attached hydrogens (tertiary/aromatic N) is 6. The van der Waals surface area contributed by atoms with Gasteiger partial charge in [-0.2, -0.15) is 0 Å². The van der Waals surface area contributed by atoms with Crippen molar-refractivity contribution in [3.05, 3.63) is 97.2 Å². The molecule has 0 saturated heterocycles. The van der Waals surface area contributed by atoms with Gasteiger partial charge in [0.1, 0.15) is 17.3 Å². The number of nitrogens with two attached hydrogens (primary N) is 1. The highest BCUT2D eigenvalue weighted by molar-refractivity contribution is 6.01. The number of nitrogens with one attached hydrogen (secondary N) is 1. The molecular formula is C29H21FN8O2. The lowest BCUT2D eigenvalue weighted by atomic mass is 10.0. The van der Waals surface area contributed by atoms with Gasteiger partial charge in [0.25, 0.3) is 0 Å². The molecule has 6 aromatic rings. The zero-order valence-electron chi connectivity index (χ0n) is 21.1. The molecule has 0 atom stereocenters. The average molecular weight is 533 g/mol. The summed E-state index contributed by atoms with van der Waals surface area (Å²) in [4.78, 5) is 16.9. The highest BCUT2D eigenvalue weighted by Gasteiger charge is 2.16. The summed E-state index contributed by atoms with van der Waals surface area (Å²) in [6.07, 6.45) is 4.80. The Balaban J connectivity index is 1.27. The quantitative estimate of drug-likeness (QED) is 0.259. The van der Waals surface area contributed by atoms with E-state index < -0.39 is 5.82 Å². The number of anilines is 3. The molecule has 0 fully saturated rings. The lowest BCUT2D eigenvalue weighted by Gasteiger charge is -2.13. The molecule has 10 nitrogen and oxygen atoms in total. The summed E-state index contributed by atoms with van der Waals surface area (Å²) < 4.78 is 25.5. The van der Waals surface area contributed by atoms with Gasteiger partial charge in [0.2, 0.25) is 17.7 Å². The molecule has 0 aliphatic heterocycles. The Morgan fingerprint density at radius 3 is 2.50 bits per heavy atom. The molecule has 0 unspecified atom stereocenters. The molecule has 4 aromatic heterocycles. The van der Waals surface area contributed by atoms with E-state index in [1.54, 1.807) is 48.9 Å². The normalized spacial score (nSPS) is 10.8. The monoisotopic (exact) mass is 532 g/mol. The van der Waals surface area contributed by atoms with Crippen LogP contribution in [0.5, 0.6) is 17.5 Å². The zero-order valence-corrected chi connectivity index (χ0v) is 21.1. The highest BCUT2D eigenvalue weighted by atomic mass is 19.1. The molecule has 0 aliphatic rings. The van der Waals surface area contributed by atoms with Crippen molar-refractivity contribution in [2.24, 2.45) is 0 Å². The highest BCUT2D eigenvalue weighted by Crippen LogP contribution is 2.36. The Hall–Kier alpha value is -5.71. The summed E-state index contributed by atoms with van der Waals surface area (Å²) in [5.41, 5.74) is 8.65. The Labute approximate surface area is 227 Å². The number of ether oxygens (including phenoxy) is 2. The van der Waals surface area contributed by atoms with Gasteiger partial charge < -0.3 is 20.5 Å². The van der Waals surface area contributed by atoms with Gasteiger partial charge in [-0.05, 0) is 42.5 Å². The number of aromatic nitrogens is 6. The Kier molecular flexibility index (Phi) is 6.51. The maximum atomic E-state index is 14.1. The third kappa shape index (κ3) is 4.90. The average Bonchev–Trinajstić information content (AvgIpc) is 2.98. The second kappa shape index (κ2) is 10.6. The van der Waals surface area contributed by atoms with E-state index in [4.69, 9.17) is 15.2 Å². The van der Waals surface area contributed by atoms with Crippen LogP contribution in [-0.2, 0) is 0 Å². The van der Waals surface area contributed by atoms with E-state index in [-0.39, 0.29) is 5.95 Å². The van der Waals surface area contributed by atoms with Gasteiger partial charge in [0.15, 0.2) is 5.82 Å². The smallest absolute Gasteiger partial charge is 0.230 e. The van der Waals surface area contributed by atoms with Crippen molar-refractivity contribution in [1.82, 2.24) is 30.1 Å². The van der Waals surface area contributed by atoms with E-state index in [2.05, 4.69) is 35.5 Å². The number of pyridine rings is 2. The maximum absolute atomic E-state index is 14.1. The number of hydrogen-bond donors (Lipinski definition) is 2. The first-order valence-corrected chi connectivity index (χ1v) is 12.1. The number of rotatable bonds is 7. The van der Waals surface area contributed by atoms with Gasteiger partial charge in [-0.25, -0.2) is 24.3 Å². The Morgan fingerprint density at radius 1 is 0.825 bits per heavy atom. The predicted octanol–water partition coefficient (Wildman–Crippen LogP) is 5.81. The minimum absolute atomic E-state index is 0.152. The van der Waals surface area contributed by atoms with Crippen molar-refractivity contribution in [2.75, 3.05) is 18.2 Å². The van der Waals surface area contributed by atoms with Gasteiger partial charge in [-0.1, -0.05) is 24.3 Å². The Morgan fingerprint density at radius 2 is 1.70 bits per heavy atom. The van der Waals surface area contributed by atoms with Crippen LogP contribution in [0.1, 0.15) is 0 Å². The minimum atomic E-state index is -0.392. The van der Waals surface area contributed by atoms with E-state index in [1.807, 2.05) is 30.3 Å². The van der Waals surface area contributed by atoms with Crippen molar-refractivity contribution >= 4 is 28.2 Å². The topological polar surface area (TPSA) is 134 Å². The third-order valence-electron chi connectivity index (χ3n) is 6.03. The molecule has 0 radical (unpaired) electrons. The fraction of sp³-hybridized carbons (Fsp3) is 0.0345. The van der Waals surface area contributed by atoms with Gasteiger partial charge in [0, 0.05) is 34.8 Å². The van der Waals surface area contributed by atoms with E-state index in [0.29, 0.717) is 51.5 Å². The van der Waals surface area contributed by atoms with E-state index >= 15 is 0 Å². The summed E-state index contributed by atoms with van der Waals surface area (Å²) in [6, 6.07) is 20.7. The molecule has 6 rings (SSSR count). The van der Waals surface area contributed by atoms with Crippen molar-refractivity contribution < 1.29 is 13.9 Å². The molecule has 0 saturated carbocycles. The number of fused-ring (bicyclic) bond motifs is 1. The van der Waals surface area contributed by atoms with E-state index in [9.17, 15) is 4.39 Å². The zero-order chi connectivity index (χ0) is 27.5. The van der Waals surface area contributed by atoms with Crippen LogP contribution in [0, 0.1) is 5.82 Å². The molecule has 3 N–H and O–H groups in total. The fourth-order valence-corrected chi connectivity index (χ4v) is 4.20. The molecule has 0 spiro atoms. The first-order chi connectivity index (χ1) is 19.6. The molecule has 40 heavy (non-hydrogen) atoms. The lowest BCUT2D eigenvalue weighted by Crippen LogP contribution is -2.01. The van der Waals surface area contributed by atoms with Gasteiger partial charge >= 0.3 is 0 Å². The number of methoxy groups -OCH3 is 1. The lowest BCUT2D eigenvalue weighted by molar-refractivity contribution is 0.415. The van der Waals surface area contributed by atoms with Crippen LogP contribution in [0.25, 0.3) is 33.3 Å².